The Bertz CT molecular complexity index is 781. The third kappa shape index (κ3) is 4.57. The Balaban J connectivity index is 1.59. The Labute approximate surface area is 165 Å². The van der Waals surface area contributed by atoms with Gasteiger partial charge in [0.15, 0.2) is 0 Å². The van der Waals surface area contributed by atoms with Crippen LogP contribution in [0.2, 0.25) is 0 Å². The molecule has 2 aromatic rings. The van der Waals surface area contributed by atoms with Crippen LogP contribution in [0.3, 0.4) is 0 Å². The lowest BCUT2D eigenvalue weighted by Gasteiger charge is -2.32. The summed E-state index contributed by atoms with van der Waals surface area (Å²) in [6, 6.07) is 7.79. The van der Waals surface area contributed by atoms with E-state index in [9.17, 15) is 9.59 Å². The molecule has 1 aromatic carbocycles. The van der Waals surface area contributed by atoms with Crippen molar-refractivity contribution in [3.05, 3.63) is 42.2 Å². The summed E-state index contributed by atoms with van der Waals surface area (Å²) < 4.78 is 0. The highest BCUT2D eigenvalue weighted by atomic mass is 16.1. The molecule has 1 aliphatic rings. The van der Waals surface area contributed by atoms with Crippen molar-refractivity contribution in [2.75, 3.05) is 54.4 Å². The van der Waals surface area contributed by atoms with E-state index in [-0.39, 0.29) is 5.91 Å². The molecule has 1 saturated heterocycles. The standard InChI is InChI=1S/C20H26N6O2/c1-3-25(4-2)18-7-5-17(6-8-18)23-19(28)16-13-21-20(22-14-16)26-11-9-24(15-27)10-12-26/h5-8,13-15H,3-4,9-12H2,1-2H3,(H,23,28). The van der Waals surface area contributed by atoms with Crippen LogP contribution in [-0.2, 0) is 4.79 Å². The van der Waals surface area contributed by atoms with E-state index in [0.717, 1.165) is 30.9 Å². The maximum atomic E-state index is 12.5. The number of carbonyl (C=O) groups is 2. The number of anilines is 3. The van der Waals surface area contributed by atoms with Gasteiger partial charge in [-0.05, 0) is 38.1 Å². The van der Waals surface area contributed by atoms with Gasteiger partial charge in [0.1, 0.15) is 0 Å². The van der Waals surface area contributed by atoms with Gasteiger partial charge in [0.05, 0.1) is 5.56 Å². The molecular formula is C20H26N6O2. The Morgan fingerprint density at radius 3 is 2.21 bits per heavy atom. The molecule has 0 saturated carbocycles. The molecule has 0 unspecified atom stereocenters. The number of aromatic nitrogens is 2. The molecule has 1 N–H and O–H groups in total. The lowest BCUT2D eigenvalue weighted by molar-refractivity contribution is -0.118. The lowest BCUT2D eigenvalue weighted by Crippen LogP contribution is -2.46. The molecule has 8 nitrogen and oxygen atoms in total. The van der Waals surface area contributed by atoms with Crippen molar-refractivity contribution in [1.82, 2.24) is 14.9 Å². The van der Waals surface area contributed by atoms with Crippen LogP contribution in [0.5, 0.6) is 0 Å². The fourth-order valence-corrected chi connectivity index (χ4v) is 3.18. The average Bonchev–Trinajstić information content (AvgIpc) is 2.76. The molecule has 148 valence electrons. The number of piperazine rings is 1. The van der Waals surface area contributed by atoms with E-state index < -0.39 is 0 Å². The summed E-state index contributed by atoms with van der Waals surface area (Å²) in [7, 11) is 0. The summed E-state index contributed by atoms with van der Waals surface area (Å²) in [5.74, 6) is 0.332. The molecule has 1 fully saturated rings. The number of rotatable bonds is 7. The quantitative estimate of drug-likeness (QED) is 0.736. The van der Waals surface area contributed by atoms with Crippen molar-refractivity contribution >= 4 is 29.6 Å². The molecule has 3 rings (SSSR count). The zero-order valence-electron chi connectivity index (χ0n) is 16.3. The van der Waals surface area contributed by atoms with Crippen molar-refractivity contribution < 1.29 is 9.59 Å². The first-order chi connectivity index (χ1) is 13.6. The van der Waals surface area contributed by atoms with Gasteiger partial charge in [-0.3, -0.25) is 9.59 Å². The second kappa shape index (κ2) is 9.16. The van der Waals surface area contributed by atoms with E-state index in [1.165, 1.54) is 12.4 Å². The third-order valence-corrected chi connectivity index (χ3v) is 4.90. The van der Waals surface area contributed by atoms with E-state index in [4.69, 9.17) is 0 Å². The van der Waals surface area contributed by atoms with Gasteiger partial charge in [0.2, 0.25) is 12.4 Å². The summed E-state index contributed by atoms with van der Waals surface area (Å²) in [5, 5.41) is 2.88. The molecule has 0 spiro atoms. The van der Waals surface area contributed by atoms with Crippen LogP contribution in [0, 0.1) is 0 Å². The Hall–Kier alpha value is -3.16. The minimum Gasteiger partial charge on any atom is -0.372 e. The first kappa shape index (κ1) is 19.6. The highest BCUT2D eigenvalue weighted by Crippen LogP contribution is 2.18. The largest absolute Gasteiger partial charge is 0.372 e. The van der Waals surface area contributed by atoms with Crippen LogP contribution in [0.25, 0.3) is 0 Å². The smallest absolute Gasteiger partial charge is 0.258 e. The number of hydrogen-bond acceptors (Lipinski definition) is 6. The number of hydrogen-bond donors (Lipinski definition) is 1. The molecule has 28 heavy (non-hydrogen) atoms. The summed E-state index contributed by atoms with van der Waals surface area (Å²) in [4.78, 5) is 37.8. The second-order valence-corrected chi connectivity index (χ2v) is 6.57. The van der Waals surface area contributed by atoms with Crippen LogP contribution in [0.15, 0.2) is 36.7 Å². The van der Waals surface area contributed by atoms with Crippen molar-refractivity contribution in [2.24, 2.45) is 0 Å². The molecule has 1 aliphatic heterocycles. The summed E-state index contributed by atoms with van der Waals surface area (Å²) in [6.45, 7) is 8.78. The first-order valence-corrected chi connectivity index (χ1v) is 9.57. The minimum absolute atomic E-state index is 0.243. The van der Waals surface area contributed by atoms with Crippen LogP contribution in [0.4, 0.5) is 17.3 Å². The average molecular weight is 382 g/mol. The highest BCUT2D eigenvalue weighted by Gasteiger charge is 2.18. The van der Waals surface area contributed by atoms with Gasteiger partial charge in [0.25, 0.3) is 5.91 Å². The van der Waals surface area contributed by atoms with E-state index in [1.807, 2.05) is 29.2 Å². The summed E-state index contributed by atoms with van der Waals surface area (Å²) in [5.41, 5.74) is 2.27. The monoisotopic (exact) mass is 382 g/mol. The van der Waals surface area contributed by atoms with E-state index in [0.29, 0.717) is 37.7 Å². The van der Waals surface area contributed by atoms with Crippen LogP contribution in [0.1, 0.15) is 24.2 Å². The van der Waals surface area contributed by atoms with E-state index in [2.05, 4.69) is 34.0 Å². The number of carbonyl (C=O) groups excluding carboxylic acids is 2. The van der Waals surface area contributed by atoms with Crippen molar-refractivity contribution in [3.63, 3.8) is 0 Å². The molecule has 8 heteroatoms. The van der Waals surface area contributed by atoms with Crippen molar-refractivity contribution in [2.45, 2.75) is 13.8 Å². The third-order valence-electron chi connectivity index (χ3n) is 4.90. The van der Waals surface area contributed by atoms with Gasteiger partial charge < -0.3 is 20.0 Å². The zero-order chi connectivity index (χ0) is 19.9. The molecule has 2 heterocycles. The van der Waals surface area contributed by atoms with Crippen molar-refractivity contribution in [1.29, 1.82) is 0 Å². The molecule has 1 aromatic heterocycles. The molecule has 0 bridgehead atoms. The number of nitrogens with one attached hydrogen (secondary N) is 1. The van der Waals surface area contributed by atoms with Gasteiger partial charge >= 0.3 is 0 Å². The fourth-order valence-electron chi connectivity index (χ4n) is 3.18. The molecule has 0 radical (unpaired) electrons. The predicted molar refractivity (Wildman–Crippen MR) is 110 cm³/mol. The Kier molecular flexibility index (Phi) is 6.41. The molecule has 2 amide bonds. The van der Waals surface area contributed by atoms with Crippen molar-refractivity contribution in [3.8, 4) is 0 Å². The van der Waals surface area contributed by atoms with Crippen LogP contribution < -0.4 is 15.1 Å². The first-order valence-electron chi connectivity index (χ1n) is 9.57. The zero-order valence-corrected chi connectivity index (χ0v) is 16.3. The highest BCUT2D eigenvalue weighted by molar-refractivity contribution is 6.03. The summed E-state index contributed by atoms with van der Waals surface area (Å²) >= 11 is 0. The normalized spacial score (nSPS) is 13.9. The number of benzene rings is 1. The van der Waals surface area contributed by atoms with Gasteiger partial charge in [-0.2, -0.15) is 0 Å². The van der Waals surface area contributed by atoms with Gasteiger partial charge in [-0.1, -0.05) is 0 Å². The maximum absolute atomic E-state index is 12.5. The molecule has 0 aliphatic carbocycles. The Morgan fingerprint density at radius 2 is 1.68 bits per heavy atom. The number of nitrogens with zero attached hydrogens (tertiary/aromatic N) is 5. The maximum Gasteiger partial charge on any atom is 0.258 e. The van der Waals surface area contributed by atoms with Crippen LogP contribution in [-0.4, -0.2) is 66.5 Å². The van der Waals surface area contributed by atoms with E-state index >= 15 is 0 Å². The minimum atomic E-state index is -0.243. The Morgan fingerprint density at radius 1 is 1.07 bits per heavy atom. The summed E-state index contributed by atoms with van der Waals surface area (Å²) in [6.07, 6.45) is 3.93. The SMILES string of the molecule is CCN(CC)c1ccc(NC(=O)c2cnc(N3CCN(C=O)CC3)nc2)cc1. The predicted octanol–water partition coefficient (Wildman–Crippen LogP) is 1.85. The van der Waals surface area contributed by atoms with Crippen LogP contribution >= 0.6 is 0 Å². The van der Waals surface area contributed by atoms with E-state index in [1.54, 1.807) is 4.90 Å². The van der Waals surface area contributed by atoms with Gasteiger partial charge in [-0.25, -0.2) is 9.97 Å². The second-order valence-electron chi connectivity index (χ2n) is 6.57. The van der Waals surface area contributed by atoms with Gasteiger partial charge in [0, 0.05) is 63.0 Å². The fraction of sp³-hybridized carbons (Fsp3) is 0.400. The molecular weight excluding hydrogens is 356 g/mol. The van der Waals surface area contributed by atoms with Gasteiger partial charge in [-0.15, -0.1) is 0 Å². The topological polar surface area (TPSA) is 81.7 Å². The lowest BCUT2D eigenvalue weighted by atomic mass is 10.2. The molecule has 0 atom stereocenters. The number of amides is 2.